The Morgan fingerprint density at radius 2 is 1.41 bits per heavy atom. The lowest BCUT2D eigenvalue weighted by Gasteiger charge is -2.47. The van der Waals surface area contributed by atoms with Crippen LogP contribution >= 0.6 is 0 Å². The molecule has 2 heterocycles. The first-order chi connectivity index (χ1) is 10.5. The van der Waals surface area contributed by atoms with Crippen LogP contribution in [0.15, 0.2) is 12.2 Å². The van der Waals surface area contributed by atoms with Crippen LogP contribution < -0.4 is 0 Å². The third-order valence-electron chi connectivity index (χ3n) is 8.13. The zero-order valence-corrected chi connectivity index (χ0v) is 15.2. The molecule has 0 N–H and O–H groups in total. The van der Waals surface area contributed by atoms with Crippen LogP contribution in [-0.4, -0.2) is 54.2 Å². The Morgan fingerprint density at radius 3 is 1.77 bits per heavy atom. The Morgan fingerprint density at radius 1 is 0.909 bits per heavy atom. The first kappa shape index (κ1) is 15.2. The number of nitrogens with zero attached hydrogens (tertiary/aromatic N) is 2. The average Bonchev–Trinajstić information content (AvgIpc) is 3.11. The lowest BCUT2D eigenvalue weighted by Crippen LogP contribution is -2.51. The van der Waals surface area contributed by atoms with E-state index in [0.717, 1.165) is 47.6 Å². The van der Waals surface area contributed by atoms with Gasteiger partial charge in [0.15, 0.2) is 0 Å². The molecule has 6 atom stereocenters. The zero-order chi connectivity index (χ0) is 15.6. The van der Waals surface area contributed by atoms with E-state index in [-0.39, 0.29) is 0 Å². The van der Waals surface area contributed by atoms with Gasteiger partial charge in [-0.1, -0.05) is 12.2 Å². The predicted octanol–water partition coefficient (Wildman–Crippen LogP) is 3.25. The topological polar surface area (TPSA) is 3.24 Å². The van der Waals surface area contributed by atoms with Crippen molar-refractivity contribution in [3.63, 3.8) is 0 Å². The van der Waals surface area contributed by atoms with Crippen LogP contribution in [0.5, 0.6) is 0 Å². The van der Waals surface area contributed by atoms with Crippen LogP contribution in [0, 0.1) is 35.5 Å². The summed E-state index contributed by atoms with van der Waals surface area (Å²) < 4.78 is 1.39. The van der Waals surface area contributed by atoms with Crippen LogP contribution in [-0.2, 0) is 0 Å². The minimum atomic E-state index is 0.728. The molecule has 22 heavy (non-hydrogen) atoms. The maximum absolute atomic E-state index is 2.76. The molecule has 6 unspecified atom stereocenters. The summed E-state index contributed by atoms with van der Waals surface area (Å²) in [6.45, 7) is 19.1. The molecule has 1 saturated carbocycles. The monoisotopic (exact) mass is 303 g/mol. The van der Waals surface area contributed by atoms with Crippen LogP contribution in [0.25, 0.3) is 0 Å². The van der Waals surface area contributed by atoms with E-state index in [1.54, 1.807) is 0 Å². The summed E-state index contributed by atoms with van der Waals surface area (Å²) in [7, 11) is 0. The fraction of sp³-hybridized carbons (Fsp3) is 0.900. The molecule has 2 nitrogen and oxygen atoms in total. The molecule has 0 aromatic rings. The maximum Gasteiger partial charge on any atom is 0.0833 e. The van der Waals surface area contributed by atoms with Crippen molar-refractivity contribution in [2.24, 2.45) is 35.5 Å². The number of rotatable bonds is 3. The van der Waals surface area contributed by atoms with Crippen LogP contribution in [0.3, 0.4) is 0 Å². The summed E-state index contributed by atoms with van der Waals surface area (Å²) >= 11 is 0. The van der Waals surface area contributed by atoms with Gasteiger partial charge in [-0.2, -0.15) is 0 Å². The second kappa shape index (κ2) is 5.08. The van der Waals surface area contributed by atoms with Gasteiger partial charge in [-0.15, -0.1) is 0 Å². The molecule has 2 bridgehead atoms. The van der Waals surface area contributed by atoms with E-state index in [4.69, 9.17) is 0 Å². The Labute approximate surface area is 137 Å². The highest BCUT2D eigenvalue weighted by Crippen LogP contribution is 2.57. The number of allylic oxidation sites excluding steroid dienone is 2. The molecule has 2 aliphatic heterocycles. The van der Waals surface area contributed by atoms with Crippen molar-refractivity contribution in [1.82, 2.24) is 4.90 Å². The molecule has 0 radical (unpaired) electrons. The zero-order valence-electron chi connectivity index (χ0n) is 15.2. The first-order valence-corrected chi connectivity index (χ1v) is 9.75. The quantitative estimate of drug-likeness (QED) is 0.571. The van der Waals surface area contributed by atoms with Gasteiger partial charge in [0.2, 0.25) is 0 Å². The third-order valence-corrected chi connectivity index (χ3v) is 8.13. The Balaban J connectivity index is 1.61. The smallest absolute Gasteiger partial charge is 0.0833 e. The molecule has 0 amide bonds. The standard InChI is InChI=1S/C20H35N2/c1-6-22(14(4)5)11-19-15-7-8-16(20(19)12-22)18-10-21(13(2)3)9-17(15)18/h7-8,13-20H,6,9-12H2,1-5H3/q+1. The highest BCUT2D eigenvalue weighted by atomic mass is 15.4. The van der Waals surface area contributed by atoms with Crippen molar-refractivity contribution >= 4 is 0 Å². The summed E-state index contributed by atoms with van der Waals surface area (Å²) in [5.41, 5.74) is 0. The molecule has 0 aromatic heterocycles. The van der Waals surface area contributed by atoms with Crippen molar-refractivity contribution in [2.45, 2.75) is 46.7 Å². The minimum Gasteiger partial charge on any atom is -0.321 e. The molecule has 5 aliphatic rings. The van der Waals surface area contributed by atoms with Gasteiger partial charge in [-0.25, -0.2) is 0 Å². The molecule has 2 heteroatoms. The number of hydrogen-bond donors (Lipinski definition) is 0. The van der Waals surface area contributed by atoms with Crippen molar-refractivity contribution in [2.75, 3.05) is 32.7 Å². The van der Waals surface area contributed by atoms with Crippen molar-refractivity contribution < 1.29 is 4.48 Å². The first-order valence-electron chi connectivity index (χ1n) is 9.75. The van der Waals surface area contributed by atoms with Gasteiger partial charge in [0.05, 0.1) is 25.7 Å². The molecule has 3 fully saturated rings. The normalized spacial score (nSPS) is 50.1. The van der Waals surface area contributed by atoms with Crippen LogP contribution in [0.1, 0.15) is 34.6 Å². The van der Waals surface area contributed by atoms with E-state index in [1.165, 1.54) is 37.2 Å². The minimum absolute atomic E-state index is 0.728. The van der Waals surface area contributed by atoms with Gasteiger partial charge < -0.3 is 9.38 Å². The van der Waals surface area contributed by atoms with Gasteiger partial charge in [0.25, 0.3) is 0 Å². The van der Waals surface area contributed by atoms with Gasteiger partial charge in [0.1, 0.15) is 0 Å². The van der Waals surface area contributed by atoms with Crippen molar-refractivity contribution in [3.05, 3.63) is 12.2 Å². The van der Waals surface area contributed by atoms with Crippen molar-refractivity contribution in [1.29, 1.82) is 0 Å². The summed E-state index contributed by atoms with van der Waals surface area (Å²) in [6, 6.07) is 1.52. The van der Waals surface area contributed by atoms with Gasteiger partial charge in [0, 0.05) is 31.0 Å². The summed E-state index contributed by atoms with van der Waals surface area (Å²) in [5, 5.41) is 0. The van der Waals surface area contributed by atoms with Gasteiger partial charge in [-0.3, -0.25) is 0 Å². The van der Waals surface area contributed by atoms with E-state index >= 15 is 0 Å². The Bertz CT molecular complexity index is 436. The predicted molar refractivity (Wildman–Crippen MR) is 92.5 cm³/mol. The fourth-order valence-electron chi connectivity index (χ4n) is 6.63. The Hall–Kier alpha value is -0.340. The van der Waals surface area contributed by atoms with E-state index in [2.05, 4.69) is 51.7 Å². The van der Waals surface area contributed by atoms with E-state index in [1.807, 2.05) is 0 Å². The second-order valence-electron chi connectivity index (χ2n) is 9.24. The molecule has 0 spiro atoms. The summed E-state index contributed by atoms with van der Waals surface area (Å²) in [6.07, 6.45) is 5.29. The van der Waals surface area contributed by atoms with Crippen LogP contribution in [0.4, 0.5) is 0 Å². The largest absolute Gasteiger partial charge is 0.321 e. The lowest BCUT2D eigenvalue weighted by molar-refractivity contribution is -0.937. The SMILES string of the molecule is CC[N+]1(C(C)C)CC2C3C=CC(C4CN(C(C)C)CC34)C2C1. The molecule has 2 saturated heterocycles. The fourth-order valence-corrected chi connectivity index (χ4v) is 6.63. The molecule has 5 rings (SSSR count). The average molecular weight is 304 g/mol. The summed E-state index contributed by atoms with van der Waals surface area (Å²) in [4.78, 5) is 2.76. The van der Waals surface area contributed by atoms with E-state index in [0.29, 0.717) is 0 Å². The lowest BCUT2D eigenvalue weighted by atomic mass is 9.55. The number of hydrogen-bond acceptors (Lipinski definition) is 1. The third kappa shape index (κ3) is 1.92. The van der Waals surface area contributed by atoms with Crippen LogP contribution in [0.2, 0.25) is 0 Å². The van der Waals surface area contributed by atoms with Gasteiger partial charge >= 0.3 is 0 Å². The number of quaternary nitrogens is 1. The highest BCUT2D eigenvalue weighted by molar-refractivity contribution is 5.18. The van der Waals surface area contributed by atoms with Gasteiger partial charge in [-0.05, 0) is 58.3 Å². The molecule has 124 valence electrons. The molecular weight excluding hydrogens is 268 g/mol. The number of likely N-dealkylation sites (tertiary alicyclic amines) is 2. The van der Waals surface area contributed by atoms with Crippen molar-refractivity contribution in [3.8, 4) is 0 Å². The second-order valence-corrected chi connectivity index (χ2v) is 9.24. The molecule has 0 aromatic carbocycles. The summed E-state index contributed by atoms with van der Waals surface area (Å²) in [5.74, 6) is 5.64. The molecular formula is C20H35N2+. The maximum atomic E-state index is 2.76. The van der Waals surface area contributed by atoms with E-state index < -0.39 is 0 Å². The van der Waals surface area contributed by atoms with E-state index in [9.17, 15) is 0 Å². The Kier molecular flexibility index (Phi) is 3.51. The molecule has 3 aliphatic carbocycles. The highest BCUT2D eigenvalue weighted by Gasteiger charge is 2.61.